The fraction of sp³-hybridized carbons (Fsp3) is 0.667. The first-order valence-corrected chi connectivity index (χ1v) is 7.45. The lowest BCUT2D eigenvalue weighted by molar-refractivity contribution is -0.132. The summed E-state index contributed by atoms with van der Waals surface area (Å²) in [4.78, 5) is 16.3. The van der Waals surface area contributed by atoms with Crippen molar-refractivity contribution in [3.05, 3.63) is 24.2 Å². The molecule has 1 N–H and O–H groups in total. The molecule has 0 bridgehead atoms. The molecule has 5 heteroatoms. The third-order valence-electron chi connectivity index (χ3n) is 3.90. The lowest BCUT2D eigenvalue weighted by atomic mass is 10.2. The standard InChI is InChI=1S/C15H25N3O2/c1-3-13(2)16-11-15(19)18-8-6-17(7-9-18)12-14-5-4-10-20-14/h4-5,10,13,16H,3,6-9,11-12H2,1-2H3. The fourth-order valence-corrected chi connectivity index (χ4v) is 2.30. The summed E-state index contributed by atoms with van der Waals surface area (Å²) in [5, 5.41) is 3.26. The van der Waals surface area contributed by atoms with Crippen LogP contribution in [0.3, 0.4) is 0 Å². The summed E-state index contributed by atoms with van der Waals surface area (Å²) in [5.74, 6) is 1.20. The van der Waals surface area contributed by atoms with Crippen molar-refractivity contribution < 1.29 is 9.21 Å². The SMILES string of the molecule is CCC(C)NCC(=O)N1CCN(Cc2ccco2)CC1. The summed E-state index contributed by atoms with van der Waals surface area (Å²) in [6.45, 7) is 8.95. The van der Waals surface area contributed by atoms with Crippen molar-refractivity contribution >= 4 is 5.91 Å². The molecule has 1 aromatic rings. The summed E-state index contributed by atoms with van der Waals surface area (Å²) < 4.78 is 5.36. The molecule has 1 amide bonds. The minimum Gasteiger partial charge on any atom is -0.468 e. The van der Waals surface area contributed by atoms with Crippen LogP contribution in [0.1, 0.15) is 26.0 Å². The maximum Gasteiger partial charge on any atom is 0.236 e. The van der Waals surface area contributed by atoms with Gasteiger partial charge in [0.2, 0.25) is 5.91 Å². The number of nitrogens with zero attached hydrogens (tertiary/aromatic N) is 2. The van der Waals surface area contributed by atoms with Crippen molar-refractivity contribution in [3.8, 4) is 0 Å². The molecule has 1 saturated heterocycles. The molecule has 0 saturated carbocycles. The van der Waals surface area contributed by atoms with Gasteiger partial charge in [0.25, 0.3) is 0 Å². The van der Waals surface area contributed by atoms with Gasteiger partial charge in [-0.25, -0.2) is 0 Å². The maximum absolute atomic E-state index is 12.1. The molecular formula is C15H25N3O2. The van der Waals surface area contributed by atoms with Crippen LogP contribution >= 0.6 is 0 Å². The second-order valence-electron chi connectivity index (χ2n) is 5.43. The molecule has 1 fully saturated rings. The number of piperazine rings is 1. The molecule has 2 heterocycles. The van der Waals surface area contributed by atoms with Crippen LogP contribution in [-0.2, 0) is 11.3 Å². The Labute approximate surface area is 120 Å². The van der Waals surface area contributed by atoms with Gasteiger partial charge in [0.05, 0.1) is 19.4 Å². The average Bonchev–Trinajstić information content (AvgIpc) is 2.98. The van der Waals surface area contributed by atoms with E-state index in [1.54, 1.807) is 6.26 Å². The van der Waals surface area contributed by atoms with E-state index in [1.165, 1.54) is 0 Å². The van der Waals surface area contributed by atoms with Gasteiger partial charge >= 0.3 is 0 Å². The molecule has 1 aliphatic heterocycles. The number of carbonyl (C=O) groups excluding carboxylic acids is 1. The monoisotopic (exact) mass is 279 g/mol. The Morgan fingerprint density at radius 1 is 1.40 bits per heavy atom. The van der Waals surface area contributed by atoms with Gasteiger partial charge in [-0.3, -0.25) is 9.69 Å². The van der Waals surface area contributed by atoms with E-state index in [2.05, 4.69) is 24.1 Å². The van der Waals surface area contributed by atoms with Crippen LogP contribution in [0.4, 0.5) is 0 Å². The van der Waals surface area contributed by atoms with Crippen LogP contribution in [-0.4, -0.2) is 54.5 Å². The quantitative estimate of drug-likeness (QED) is 0.853. The highest BCUT2D eigenvalue weighted by atomic mass is 16.3. The zero-order valence-corrected chi connectivity index (χ0v) is 12.5. The van der Waals surface area contributed by atoms with Crippen molar-refractivity contribution in [1.29, 1.82) is 0 Å². The van der Waals surface area contributed by atoms with E-state index in [0.29, 0.717) is 12.6 Å². The molecule has 1 unspecified atom stereocenters. The van der Waals surface area contributed by atoms with Gasteiger partial charge in [-0.05, 0) is 25.5 Å². The van der Waals surface area contributed by atoms with Crippen molar-refractivity contribution in [1.82, 2.24) is 15.1 Å². The lowest BCUT2D eigenvalue weighted by Crippen LogP contribution is -2.51. The molecule has 0 radical (unpaired) electrons. The molecule has 5 nitrogen and oxygen atoms in total. The fourth-order valence-electron chi connectivity index (χ4n) is 2.30. The highest BCUT2D eigenvalue weighted by Crippen LogP contribution is 2.09. The van der Waals surface area contributed by atoms with E-state index in [1.807, 2.05) is 17.0 Å². The first-order chi connectivity index (χ1) is 9.69. The number of rotatable bonds is 6. The van der Waals surface area contributed by atoms with Gasteiger partial charge in [0.15, 0.2) is 0 Å². The molecular weight excluding hydrogens is 254 g/mol. The molecule has 112 valence electrons. The Hall–Kier alpha value is -1.33. The lowest BCUT2D eigenvalue weighted by Gasteiger charge is -2.34. The van der Waals surface area contributed by atoms with Crippen LogP contribution in [0.5, 0.6) is 0 Å². The first kappa shape index (κ1) is 15.1. The highest BCUT2D eigenvalue weighted by Gasteiger charge is 2.21. The predicted octanol–water partition coefficient (Wildman–Crippen LogP) is 1.31. The number of furan rings is 1. The van der Waals surface area contributed by atoms with Gasteiger partial charge in [0.1, 0.15) is 5.76 Å². The average molecular weight is 279 g/mol. The second kappa shape index (κ2) is 7.45. The third-order valence-corrected chi connectivity index (χ3v) is 3.90. The zero-order chi connectivity index (χ0) is 14.4. The molecule has 1 atom stereocenters. The van der Waals surface area contributed by atoms with Gasteiger partial charge in [-0.15, -0.1) is 0 Å². The van der Waals surface area contributed by atoms with E-state index in [9.17, 15) is 4.79 Å². The molecule has 1 aliphatic rings. The number of hydrogen-bond donors (Lipinski definition) is 1. The number of amides is 1. The number of nitrogens with one attached hydrogen (secondary N) is 1. The molecule has 1 aromatic heterocycles. The van der Waals surface area contributed by atoms with Crippen molar-refractivity contribution in [3.63, 3.8) is 0 Å². The summed E-state index contributed by atoms with van der Waals surface area (Å²) in [7, 11) is 0. The van der Waals surface area contributed by atoms with Gasteiger partial charge in [-0.2, -0.15) is 0 Å². The van der Waals surface area contributed by atoms with Crippen LogP contribution in [0.2, 0.25) is 0 Å². The Bertz CT molecular complexity index is 397. The summed E-state index contributed by atoms with van der Waals surface area (Å²) >= 11 is 0. The molecule has 0 aliphatic carbocycles. The van der Waals surface area contributed by atoms with Gasteiger partial charge in [-0.1, -0.05) is 6.92 Å². The maximum atomic E-state index is 12.1. The highest BCUT2D eigenvalue weighted by molar-refractivity contribution is 5.78. The second-order valence-corrected chi connectivity index (χ2v) is 5.43. The van der Waals surface area contributed by atoms with Crippen LogP contribution in [0, 0.1) is 0 Å². The smallest absolute Gasteiger partial charge is 0.236 e. The summed E-state index contributed by atoms with van der Waals surface area (Å²) in [6.07, 6.45) is 2.75. The zero-order valence-electron chi connectivity index (χ0n) is 12.5. The molecule has 2 rings (SSSR count). The van der Waals surface area contributed by atoms with Crippen molar-refractivity contribution in [2.75, 3.05) is 32.7 Å². The largest absolute Gasteiger partial charge is 0.468 e. The Morgan fingerprint density at radius 3 is 2.75 bits per heavy atom. The van der Waals surface area contributed by atoms with Crippen LogP contribution in [0.15, 0.2) is 22.8 Å². The van der Waals surface area contributed by atoms with Crippen molar-refractivity contribution in [2.24, 2.45) is 0 Å². The Morgan fingerprint density at radius 2 is 2.15 bits per heavy atom. The molecule has 0 aromatic carbocycles. The van der Waals surface area contributed by atoms with E-state index < -0.39 is 0 Å². The Balaban J connectivity index is 1.69. The Kier molecular flexibility index (Phi) is 5.61. The van der Waals surface area contributed by atoms with Crippen LogP contribution < -0.4 is 5.32 Å². The predicted molar refractivity (Wildman–Crippen MR) is 78.3 cm³/mol. The van der Waals surface area contributed by atoms with E-state index >= 15 is 0 Å². The summed E-state index contributed by atoms with van der Waals surface area (Å²) in [6, 6.07) is 4.31. The molecule has 20 heavy (non-hydrogen) atoms. The van der Waals surface area contributed by atoms with E-state index in [4.69, 9.17) is 4.42 Å². The van der Waals surface area contributed by atoms with Crippen molar-refractivity contribution in [2.45, 2.75) is 32.9 Å². The first-order valence-electron chi connectivity index (χ1n) is 7.45. The summed E-state index contributed by atoms with van der Waals surface area (Å²) in [5.41, 5.74) is 0. The number of carbonyl (C=O) groups is 1. The third kappa shape index (κ3) is 4.35. The van der Waals surface area contributed by atoms with E-state index in [0.717, 1.165) is 44.9 Å². The normalized spacial score (nSPS) is 18.2. The molecule has 0 spiro atoms. The minimum absolute atomic E-state index is 0.211. The van der Waals surface area contributed by atoms with Crippen LogP contribution in [0.25, 0.3) is 0 Å². The van der Waals surface area contributed by atoms with E-state index in [-0.39, 0.29) is 5.91 Å². The topological polar surface area (TPSA) is 48.7 Å². The minimum atomic E-state index is 0.211. The number of hydrogen-bond acceptors (Lipinski definition) is 4. The van der Waals surface area contributed by atoms with Gasteiger partial charge < -0.3 is 14.6 Å². The van der Waals surface area contributed by atoms with Gasteiger partial charge in [0, 0.05) is 32.2 Å².